The van der Waals surface area contributed by atoms with Gasteiger partial charge in [0.2, 0.25) is 11.8 Å². The van der Waals surface area contributed by atoms with E-state index in [9.17, 15) is 14.4 Å². The quantitative estimate of drug-likeness (QED) is 0.823. The molecule has 0 aromatic heterocycles. The summed E-state index contributed by atoms with van der Waals surface area (Å²) in [4.78, 5) is 42.0. The smallest absolute Gasteiger partial charge is 0.255 e. The molecule has 3 saturated heterocycles. The van der Waals surface area contributed by atoms with Crippen molar-refractivity contribution in [3.63, 3.8) is 0 Å². The Morgan fingerprint density at radius 2 is 1.86 bits per heavy atom. The van der Waals surface area contributed by atoms with Gasteiger partial charge in [-0.3, -0.25) is 14.4 Å². The van der Waals surface area contributed by atoms with E-state index in [1.54, 1.807) is 28.8 Å². The van der Waals surface area contributed by atoms with E-state index in [0.717, 1.165) is 25.9 Å². The predicted octanol–water partition coefficient (Wildman–Crippen LogP) is 3.20. The third kappa shape index (κ3) is 3.77. The summed E-state index contributed by atoms with van der Waals surface area (Å²) in [7, 11) is 0. The maximum atomic E-state index is 13.2. The molecule has 1 N–H and O–H groups in total. The second-order valence-electron chi connectivity index (χ2n) is 8.96. The normalized spacial score (nSPS) is 31.7. The van der Waals surface area contributed by atoms with Crippen molar-refractivity contribution in [1.82, 2.24) is 9.80 Å². The lowest BCUT2D eigenvalue weighted by molar-refractivity contribution is -0.135. The highest BCUT2D eigenvalue weighted by molar-refractivity contribution is 8.01. The maximum absolute atomic E-state index is 13.2. The molecule has 3 aliphatic rings. The number of nitrogens with zero attached hydrogens (tertiary/aromatic N) is 2. The average Bonchev–Trinajstić information content (AvgIpc) is 3.17. The number of carbonyl (C=O) groups is 3. The number of amides is 3. The molecule has 0 bridgehead atoms. The van der Waals surface area contributed by atoms with Gasteiger partial charge in [-0.05, 0) is 43.7 Å². The Hall–Kier alpha value is -2.02. The minimum absolute atomic E-state index is 0.0396. The Morgan fingerprint density at radius 1 is 1.17 bits per heavy atom. The fourth-order valence-corrected chi connectivity index (χ4v) is 6.44. The molecule has 29 heavy (non-hydrogen) atoms. The van der Waals surface area contributed by atoms with Crippen LogP contribution in [0.2, 0.25) is 0 Å². The van der Waals surface area contributed by atoms with Gasteiger partial charge in [-0.25, -0.2) is 0 Å². The van der Waals surface area contributed by atoms with Crippen molar-refractivity contribution in [2.75, 3.05) is 24.2 Å². The molecule has 4 rings (SSSR count). The monoisotopic (exact) mass is 415 g/mol. The number of anilines is 1. The summed E-state index contributed by atoms with van der Waals surface area (Å²) >= 11 is 1.67. The van der Waals surface area contributed by atoms with Crippen LogP contribution in [0.15, 0.2) is 24.3 Å². The minimum atomic E-state index is -0.488. The van der Waals surface area contributed by atoms with E-state index >= 15 is 0 Å². The van der Waals surface area contributed by atoms with E-state index in [1.165, 1.54) is 0 Å². The summed E-state index contributed by atoms with van der Waals surface area (Å²) in [6.45, 7) is 7.86. The number of benzene rings is 1. The molecule has 3 amide bonds. The zero-order valence-corrected chi connectivity index (χ0v) is 18.1. The zero-order valence-electron chi connectivity index (χ0n) is 17.3. The lowest BCUT2D eigenvalue weighted by atomic mass is 9.91. The number of hydrogen-bond donors (Lipinski definition) is 1. The van der Waals surface area contributed by atoms with Gasteiger partial charge < -0.3 is 15.1 Å². The van der Waals surface area contributed by atoms with Crippen LogP contribution in [0, 0.1) is 11.8 Å². The second-order valence-corrected chi connectivity index (χ2v) is 10.5. The van der Waals surface area contributed by atoms with Crippen LogP contribution in [0.3, 0.4) is 0 Å². The molecule has 0 aliphatic carbocycles. The minimum Gasteiger partial charge on any atom is -0.338 e. The Morgan fingerprint density at radius 3 is 2.59 bits per heavy atom. The SMILES string of the molecule is CC1CC(C)CN(C(=O)c2ccccc2NC(=O)C2CSC3(C)CCC(=O)N23)C1. The summed E-state index contributed by atoms with van der Waals surface area (Å²) < 4.78 is 0. The average molecular weight is 416 g/mol. The van der Waals surface area contributed by atoms with Crippen molar-refractivity contribution in [3.05, 3.63) is 29.8 Å². The molecule has 7 heteroatoms. The number of para-hydroxylation sites is 1. The number of carbonyl (C=O) groups excluding carboxylic acids is 3. The number of hydrogen-bond acceptors (Lipinski definition) is 4. The zero-order chi connectivity index (χ0) is 20.8. The van der Waals surface area contributed by atoms with Crippen molar-refractivity contribution < 1.29 is 14.4 Å². The van der Waals surface area contributed by atoms with Crippen LogP contribution >= 0.6 is 11.8 Å². The van der Waals surface area contributed by atoms with Crippen molar-refractivity contribution in [2.45, 2.75) is 50.9 Å². The maximum Gasteiger partial charge on any atom is 0.255 e. The summed E-state index contributed by atoms with van der Waals surface area (Å²) in [6.07, 6.45) is 2.40. The van der Waals surface area contributed by atoms with Crippen LogP contribution in [0.1, 0.15) is 50.4 Å². The number of rotatable bonds is 3. The predicted molar refractivity (Wildman–Crippen MR) is 115 cm³/mol. The van der Waals surface area contributed by atoms with Crippen LogP contribution < -0.4 is 5.32 Å². The summed E-state index contributed by atoms with van der Waals surface area (Å²) in [5.74, 6) is 1.32. The van der Waals surface area contributed by atoms with Gasteiger partial charge in [-0.15, -0.1) is 11.8 Å². The molecule has 3 aliphatic heterocycles. The summed E-state index contributed by atoms with van der Waals surface area (Å²) in [5.41, 5.74) is 1.04. The third-order valence-corrected chi connectivity index (χ3v) is 7.82. The first kappa shape index (κ1) is 20.3. The lowest BCUT2D eigenvalue weighted by Gasteiger charge is -2.35. The number of likely N-dealkylation sites (tertiary alicyclic amines) is 1. The van der Waals surface area contributed by atoms with Gasteiger partial charge in [-0.1, -0.05) is 26.0 Å². The molecule has 1 aromatic rings. The summed E-state index contributed by atoms with van der Waals surface area (Å²) in [5, 5.41) is 2.95. The van der Waals surface area contributed by atoms with Crippen molar-refractivity contribution in [2.24, 2.45) is 11.8 Å². The molecule has 0 radical (unpaired) electrons. The van der Waals surface area contributed by atoms with Crippen LogP contribution in [0.5, 0.6) is 0 Å². The van der Waals surface area contributed by atoms with Gasteiger partial charge >= 0.3 is 0 Å². The fourth-order valence-electron chi connectivity index (χ4n) is 5.01. The fraction of sp³-hybridized carbons (Fsp3) is 0.591. The van der Waals surface area contributed by atoms with Gasteiger partial charge in [0.15, 0.2) is 0 Å². The van der Waals surface area contributed by atoms with Crippen LogP contribution in [0.25, 0.3) is 0 Å². The Kier molecular flexibility index (Phi) is 5.36. The molecule has 3 fully saturated rings. The van der Waals surface area contributed by atoms with E-state index in [4.69, 9.17) is 0 Å². The molecular formula is C22H29N3O3S. The highest BCUT2D eigenvalue weighted by Crippen LogP contribution is 2.47. The topological polar surface area (TPSA) is 69.7 Å². The van der Waals surface area contributed by atoms with E-state index in [1.807, 2.05) is 24.0 Å². The largest absolute Gasteiger partial charge is 0.338 e. The number of piperidine rings is 1. The van der Waals surface area contributed by atoms with E-state index in [-0.39, 0.29) is 22.6 Å². The Bertz CT molecular complexity index is 834. The van der Waals surface area contributed by atoms with E-state index in [0.29, 0.717) is 35.3 Å². The lowest BCUT2D eigenvalue weighted by Crippen LogP contribution is -2.48. The number of thioether (sulfide) groups is 1. The number of nitrogens with one attached hydrogen (secondary N) is 1. The van der Waals surface area contributed by atoms with Crippen LogP contribution in [0.4, 0.5) is 5.69 Å². The molecule has 156 valence electrons. The molecular weight excluding hydrogens is 386 g/mol. The van der Waals surface area contributed by atoms with E-state index < -0.39 is 6.04 Å². The molecule has 4 unspecified atom stereocenters. The van der Waals surface area contributed by atoms with Gasteiger partial charge in [0.1, 0.15) is 6.04 Å². The second kappa shape index (κ2) is 7.67. The molecule has 0 saturated carbocycles. The Labute approximate surface area is 176 Å². The highest BCUT2D eigenvalue weighted by atomic mass is 32.2. The first-order chi connectivity index (χ1) is 13.8. The standard InChI is InChI=1S/C22H29N3O3S/c1-14-10-15(2)12-24(11-14)21(28)16-6-4-5-7-17(16)23-20(27)18-13-29-22(3)9-8-19(26)25(18)22/h4-7,14-15,18H,8-13H2,1-3H3,(H,23,27). The number of fused-ring (bicyclic) bond motifs is 1. The molecule has 4 atom stereocenters. The highest BCUT2D eigenvalue weighted by Gasteiger charge is 2.53. The third-order valence-electron chi connectivity index (χ3n) is 6.32. The Balaban J connectivity index is 1.52. The molecule has 0 spiro atoms. The van der Waals surface area contributed by atoms with E-state index in [2.05, 4.69) is 19.2 Å². The van der Waals surface area contributed by atoms with Gasteiger partial charge in [0, 0.05) is 25.3 Å². The van der Waals surface area contributed by atoms with Gasteiger partial charge in [-0.2, -0.15) is 0 Å². The molecule has 1 aromatic carbocycles. The van der Waals surface area contributed by atoms with Crippen molar-refractivity contribution in [3.8, 4) is 0 Å². The first-order valence-corrected chi connectivity index (χ1v) is 11.4. The van der Waals surface area contributed by atoms with Crippen molar-refractivity contribution >= 4 is 35.2 Å². The molecule has 6 nitrogen and oxygen atoms in total. The molecule has 3 heterocycles. The van der Waals surface area contributed by atoms with Crippen LogP contribution in [-0.2, 0) is 9.59 Å². The van der Waals surface area contributed by atoms with Crippen LogP contribution in [-0.4, -0.2) is 57.3 Å². The summed E-state index contributed by atoms with van der Waals surface area (Å²) in [6, 6.07) is 6.71. The first-order valence-electron chi connectivity index (χ1n) is 10.4. The van der Waals surface area contributed by atoms with Gasteiger partial charge in [0.05, 0.1) is 16.1 Å². The van der Waals surface area contributed by atoms with Crippen molar-refractivity contribution in [1.29, 1.82) is 0 Å². The van der Waals surface area contributed by atoms with Gasteiger partial charge in [0.25, 0.3) is 5.91 Å².